The van der Waals surface area contributed by atoms with Crippen molar-refractivity contribution in [1.82, 2.24) is 0 Å². The number of halogens is 2. The summed E-state index contributed by atoms with van der Waals surface area (Å²) < 4.78 is 46.9. The van der Waals surface area contributed by atoms with Crippen molar-refractivity contribution in [2.24, 2.45) is 0 Å². The number of hydrogen-bond donors (Lipinski definition) is 0. The van der Waals surface area contributed by atoms with Gasteiger partial charge in [0.25, 0.3) is 0 Å². The fraction of sp³-hybridized carbons (Fsp3) is 0.667. The van der Waals surface area contributed by atoms with Crippen LogP contribution in [0.25, 0.3) is 0 Å². The smallest absolute Gasteiger partial charge is 0 e. The first kappa shape index (κ1) is 24.0. The van der Waals surface area contributed by atoms with Gasteiger partial charge in [0, 0.05) is 17.4 Å². The van der Waals surface area contributed by atoms with Crippen LogP contribution < -0.4 is 0 Å². The Labute approximate surface area is 98.5 Å². The molecule has 6 heteroatoms. The predicted octanol–water partition coefficient (Wildman–Crippen LogP) is 2.12. The fourth-order valence-corrected chi connectivity index (χ4v) is 1.04. The standard InChI is InChI=1S/C6H10F2.3CO.Cr/c7-5-3-1-2-4-6(5)8;3*1-2;/h5-6H,1-4H2;;;;. The summed E-state index contributed by atoms with van der Waals surface area (Å²) in [5.41, 5.74) is 0. The van der Waals surface area contributed by atoms with Gasteiger partial charge in [-0.3, -0.25) is 0 Å². The number of alkyl halides is 2. The van der Waals surface area contributed by atoms with E-state index in [1.165, 1.54) is 0 Å². The summed E-state index contributed by atoms with van der Waals surface area (Å²) in [7, 11) is 0. The van der Waals surface area contributed by atoms with E-state index in [2.05, 4.69) is 20.0 Å². The summed E-state index contributed by atoms with van der Waals surface area (Å²) in [4.78, 5) is 0. The van der Waals surface area contributed by atoms with E-state index in [1.54, 1.807) is 0 Å². The molecule has 3 nitrogen and oxygen atoms in total. The summed E-state index contributed by atoms with van der Waals surface area (Å²) in [6.07, 6.45) is 0.262. The second-order valence-corrected chi connectivity index (χ2v) is 2.32. The van der Waals surface area contributed by atoms with Crippen molar-refractivity contribution >= 4 is 0 Å². The molecule has 0 spiro atoms. The molecule has 0 aromatic carbocycles. The molecule has 0 radical (unpaired) electrons. The summed E-state index contributed by atoms with van der Waals surface area (Å²) in [5, 5.41) is 0. The van der Waals surface area contributed by atoms with Crippen molar-refractivity contribution < 1.29 is 40.1 Å². The van der Waals surface area contributed by atoms with Crippen LogP contribution >= 0.6 is 0 Å². The molecule has 15 heavy (non-hydrogen) atoms. The molecule has 84 valence electrons. The Morgan fingerprint density at radius 1 is 0.733 bits per heavy atom. The van der Waals surface area contributed by atoms with Gasteiger partial charge in [0.05, 0.1) is 0 Å². The van der Waals surface area contributed by atoms with Crippen molar-refractivity contribution in [3.63, 3.8) is 0 Å². The van der Waals surface area contributed by atoms with E-state index in [0.717, 1.165) is 12.8 Å². The zero-order valence-corrected chi connectivity index (χ0v) is 9.15. The fourth-order valence-electron chi connectivity index (χ4n) is 1.04. The first-order valence-electron chi connectivity index (χ1n) is 3.70. The van der Waals surface area contributed by atoms with Gasteiger partial charge in [0.1, 0.15) is 12.3 Å². The van der Waals surface area contributed by atoms with E-state index in [4.69, 9.17) is 14.0 Å². The molecule has 0 N–H and O–H groups in total. The van der Waals surface area contributed by atoms with E-state index < -0.39 is 12.3 Å². The molecule has 0 heterocycles. The zero-order chi connectivity index (χ0) is 12.0. The second-order valence-electron chi connectivity index (χ2n) is 2.32. The van der Waals surface area contributed by atoms with Crippen LogP contribution in [0.15, 0.2) is 0 Å². The first-order valence-corrected chi connectivity index (χ1v) is 3.70. The van der Waals surface area contributed by atoms with E-state index in [-0.39, 0.29) is 17.4 Å². The molecule has 1 rings (SSSR count). The van der Waals surface area contributed by atoms with Crippen molar-refractivity contribution in [2.75, 3.05) is 0 Å². The van der Waals surface area contributed by atoms with Gasteiger partial charge in [0.15, 0.2) is 0 Å². The Kier molecular flexibility index (Phi) is 37.6. The Balaban J connectivity index is -0.0000000755. The van der Waals surface area contributed by atoms with Crippen molar-refractivity contribution in [3.05, 3.63) is 20.0 Å². The third kappa shape index (κ3) is 16.3. The Hall–Kier alpha value is -0.388. The molecule has 1 aliphatic rings. The van der Waals surface area contributed by atoms with Gasteiger partial charge < -0.3 is 0 Å². The average Bonchev–Trinajstić information content (AvgIpc) is 2.31. The molecule has 0 aromatic rings. The zero-order valence-electron chi connectivity index (χ0n) is 7.87. The van der Waals surface area contributed by atoms with E-state index in [0.29, 0.717) is 12.8 Å². The Morgan fingerprint density at radius 2 is 0.933 bits per heavy atom. The topological polar surface area (TPSA) is 59.7 Å². The van der Waals surface area contributed by atoms with Gasteiger partial charge >= 0.3 is 33.9 Å². The van der Waals surface area contributed by atoms with Gasteiger partial charge in [-0.05, 0) is 12.8 Å². The molecule has 0 bridgehead atoms. The molecule has 2 unspecified atom stereocenters. The van der Waals surface area contributed by atoms with Crippen molar-refractivity contribution in [1.29, 1.82) is 0 Å². The third-order valence-electron chi connectivity index (χ3n) is 1.60. The van der Waals surface area contributed by atoms with Gasteiger partial charge in [0.2, 0.25) is 0 Å². The van der Waals surface area contributed by atoms with Crippen LogP contribution in [0.4, 0.5) is 8.78 Å². The maximum atomic E-state index is 12.2. The van der Waals surface area contributed by atoms with Gasteiger partial charge in [-0.2, -0.15) is 0 Å². The second kappa shape index (κ2) is 23.4. The maximum absolute atomic E-state index is 12.2. The SMILES string of the molecule is FC1CCCCC1F.[C-]#[O+].[C-]#[O+].[C-]#[O+].[Cr]. The minimum Gasteiger partial charge on any atom is 0 e. The van der Waals surface area contributed by atoms with Gasteiger partial charge in [-0.15, -0.1) is 0 Å². The molecule has 1 fully saturated rings. The van der Waals surface area contributed by atoms with Crippen LogP contribution in [0, 0.1) is 20.0 Å². The Morgan fingerprint density at radius 3 is 1.07 bits per heavy atom. The maximum Gasteiger partial charge on any atom is 0 e. The van der Waals surface area contributed by atoms with Crippen LogP contribution in [0.3, 0.4) is 0 Å². The molecular weight excluding hydrogens is 246 g/mol. The van der Waals surface area contributed by atoms with Crippen LogP contribution in [-0.2, 0) is 31.3 Å². The summed E-state index contributed by atoms with van der Waals surface area (Å²) >= 11 is 0. The molecular formula is C9H10CrF2O3. The molecule has 0 saturated heterocycles. The van der Waals surface area contributed by atoms with Crippen LogP contribution in [-0.4, -0.2) is 12.3 Å². The van der Waals surface area contributed by atoms with Crippen molar-refractivity contribution in [3.8, 4) is 0 Å². The van der Waals surface area contributed by atoms with Crippen LogP contribution in [0.2, 0.25) is 0 Å². The largest absolute Gasteiger partial charge is 0 e. The van der Waals surface area contributed by atoms with Gasteiger partial charge in [-0.1, -0.05) is 12.8 Å². The monoisotopic (exact) mass is 256 g/mol. The molecule has 1 aliphatic carbocycles. The number of hydrogen-bond acceptors (Lipinski definition) is 0. The van der Waals surface area contributed by atoms with Crippen LogP contribution in [0.5, 0.6) is 0 Å². The molecule has 0 aromatic heterocycles. The number of rotatable bonds is 0. The normalized spacial score (nSPS) is 21.6. The third-order valence-corrected chi connectivity index (χ3v) is 1.60. The van der Waals surface area contributed by atoms with E-state index >= 15 is 0 Å². The predicted molar refractivity (Wildman–Crippen MR) is 40.0 cm³/mol. The summed E-state index contributed by atoms with van der Waals surface area (Å²) in [5.74, 6) is 0. The van der Waals surface area contributed by atoms with E-state index in [1.807, 2.05) is 0 Å². The van der Waals surface area contributed by atoms with Crippen LogP contribution in [0.1, 0.15) is 25.7 Å². The minimum atomic E-state index is -1.16. The summed E-state index contributed by atoms with van der Waals surface area (Å²) in [6, 6.07) is 0. The van der Waals surface area contributed by atoms with Gasteiger partial charge in [-0.25, -0.2) is 8.78 Å². The molecule has 2 atom stereocenters. The molecule has 0 aliphatic heterocycles. The quantitative estimate of drug-likeness (QED) is 0.471. The average molecular weight is 256 g/mol. The van der Waals surface area contributed by atoms with Crippen molar-refractivity contribution in [2.45, 2.75) is 38.0 Å². The summed E-state index contributed by atoms with van der Waals surface area (Å²) in [6.45, 7) is 13.5. The Bertz CT molecular complexity index is 146. The molecule has 1 saturated carbocycles. The minimum absolute atomic E-state index is 0. The first-order chi connectivity index (χ1) is 6.80. The molecule has 0 amide bonds. The van der Waals surface area contributed by atoms with E-state index in [9.17, 15) is 8.78 Å².